The van der Waals surface area contributed by atoms with Gasteiger partial charge >= 0.3 is 0 Å². The molecule has 17 heavy (non-hydrogen) atoms. The average Bonchev–Trinajstić information content (AvgIpc) is 2.20. The number of ketones is 1. The summed E-state index contributed by atoms with van der Waals surface area (Å²) in [7, 11) is 1.81. The lowest BCUT2D eigenvalue weighted by molar-refractivity contribution is -0.134. The second kappa shape index (κ2) is 8.26. The number of hydrogen-bond acceptors (Lipinski definition) is 2. The Labute approximate surface area is 107 Å². The Morgan fingerprint density at radius 1 is 1.12 bits per heavy atom. The summed E-state index contributed by atoms with van der Waals surface area (Å²) in [6.07, 6.45) is 2.81. The lowest BCUT2D eigenvalue weighted by Gasteiger charge is -2.19. The highest BCUT2D eigenvalue weighted by Gasteiger charge is 2.22. The Morgan fingerprint density at radius 3 is 2.06 bits per heavy atom. The monoisotopic (exact) mass is 243 g/mol. The third-order valence-electron chi connectivity index (χ3n) is 2.68. The van der Waals surface area contributed by atoms with Crippen molar-refractivity contribution in [3.63, 3.8) is 0 Å². The van der Waals surface area contributed by atoms with E-state index in [0.29, 0.717) is 12.8 Å². The van der Waals surface area contributed by atoms with E-state index >= 15 is 0 Å². The smallest absolute Gasteiger partial charge is 0.222 e. The fourth-order valence-corrected chi connectivity index (χ4v) is 1.31. The van der Waals surface area contributed by atoms with Gasteiger partial charge in [-0.2, -0.15) is 0 Å². The van der Waals surface area contributed by atoms with Gasteiger partial charge in [0.25, 0.3) is 0 Å². The van der Waals surface area contributed by atoms with Gasteiger partial charge in [-0.05, 0) is 6.42 Å². The van der Waals surface area contributed by atoms with Gasteiger partial charge in [0.05, 0.1) is 0 Å². The number of rotatable bonds is 6. The molecule has 1 amide bonds. The Morgan fingerprint density at radius 2 is 1.65 bits per heavy atom. The molecular formula is C14H29NO2. The molecule has 0 spiro atoms. The first-order valence-electron chi connectivity index (χ1n) is 6.06. The second-order valence-electron chi connectivity index (χ2n) is 5.34. The Hall–Kier alpha value is -0.860. The quantitative estimate of drug-likeness (QED) is 0.718. The number of carbonyl (C=O) groups is 2. The van der Waals surface area contributed by atoms with Gasteiger partial charge in [0.1, 0.15) is 5.78 Å². The van der Waals surface area contributed by atoms with E-state index in [-0.39, 0.29) is 24.5 Å². The third kappa shape index (κ3) is 7.94. The van der Waals surface area contributed by atoms with E-state index in [9.17, 15) is 9.59 Å². The van der Waals surface area contributed by atoms with Crippen LogP contribution >= 0.6 is 0 Å². The van der Waals surface area contributed by atoms with E-state index in [1.54, 1.807) is 11.9 Å². The molecule has 3 heteroatoms. The summed E-state index contributed by atoms with van der Waals surface area (Å²) in [6.45, 7) is 8.56. The van der Waals surface area contributed by atoms with Gasteiger partial charge in [-0.1, -0.05) is 41.5 Å². The van der Waals surface area contributed by atoms with Crippen molar-refractivity contribution >= 4 is 11.7 Å². The molecule has 0 fully saturated rings. The maximum Gasteiger partial charge on any atom is 0.222 e. The topological polar surface area (TPSA) is 37.4 Å². The van der Waals surface area contributed by atoms with Gasteiger partial charge in [-0.25, -0.2) is 0 Å². The van der Waals surface area contributed by atoms with Crippen LogP contribution in [0.4, 0.5) is 0 Å². The highest BCUT2D eigenvalue weighted by atomic mass is 16.2. The van der Waals surface area contributed by atoms with E-state index in [4.69, 9.17) is 0 Å². The van der Waals surface area contributed by atoms with Crippen LogP contribution < -0.4 is 0 Å². The van der Waals surface area contributed by atoms with Crippen molar-refractivity contribution in [1.82, 2.24) is 4.90 Å². The number of nitrogens with zero attached hydrogens (tertiary/aromatic N) is 1. The number of amides is 1. The van der Waals surface area contributed by atoms with Gasteiger partial charge in [0.2, 0.25) is 5.91 Å². The van der Waals surface area contributed by atoms with Crippen LogP contribution in [0.15, 0.2) is 0 Å². The highest BCUT2D eigenvalue weighted by Crippen LogP contribution is 2.17. The van der Waals surface area contributed by atoms with E-state index in [1.165, 1.54) is 0 Å². The highest BCUT2D eigenvalue weighted by molar-refractivity contribution is 5.88. The van der Waals surface area contributed by atoms with Crippen molar-refractivity contribution in [2.45, 2.75) is 60.8 Å². The predicted octanol–water partition coefficient (Wildman–Crippen LogP) is 3.28. The summed E-state index contributed by atoms with van der Waals surface area (Å²) in [5.74, 6) is 0.232. The molecule has 0 heterocycles. The van der Waals surface area contributed by atoms with Crippen LogP contribution in [0, 0.1) is 5.41 Å². The van der Waals surface area contributed by atoms with Crippen molar-refractivity contribution in [3.05, 3.63) is 0 Å². The minimum atomic E-state index is -0.331. The molecule has 0 aromatic heterocycles. The Bertz CT molecular complexity index is 241. The van der Waals surface area contributed by atoms with Crippen LogP contribution in [0.2, 0.25) is 0 Å². The van der Waals surface area contributed by atoms with Crippen molar-refractivity contribution in [3.8, 4) is 0 Å². The number of carbonyl (C=O) groups excluding carboxylic acids is 2. The Balaban J connectivity index is 0. The minimum absolute atomic E-state index is 0. The molecule has 0 aromatic rings. The fourth-order valence-electron chi connectivity index (χ4n) is 1.31. The van der Waals surface area contributed by atoms with E-state index in [0.717, 1.165) is 19.4 Å². The molecule has 0 rings (SSSR count). The molecule has 0 saturated heterocycles. The van der Waals surface area contributed by atoms with E-state index in [2.05, 4.69) is 6.92 Å². The zero-order chi connectivity index (χ0) is 12.8. The summed E-state index contributed by atoms with van der Waals surface area (Å²) in [4.78, 5) is 25.0. The van der Waals surface area contributed by atoms with Crippen molar-refractivity contribution in [1.29, 1.82) is 0 Å². The molecule has 0 aromatic carbocycles. The molecule has 0 aliphatic heterocycles. The lowest BCUT2D eigenvalue weighted by atomic mass is 9.88. The van der Waals surface area contributed by atoms with Gasteiger partial charge < -0.3 is 4.90 Å². The Kier molecular flexibility index (Phi) is 8.99. The molecule has 0 atom stereocenters. The van der Waals surface area contributed by atoms with Gasteiger partial charge in [-0.15, -0.1) is 0 Å². The predicted molar refractivity (Wildman–Crippen MR) is 73.0 cm³/mol. The molecule has 0 bridgehead atoms. The average molecular weight is 243 g/mol. The largest absolute Gasteiger partial charge is 0.346 e. The lowest BCUT2D eigenvalue weighted by Crippen LogP contribution is -2.29. The maximum absolute atomic E-state index is 11.7. The SMILES string of the molecule is C.CCCCN(C)C(=O)CCC(=O)C(C)(C)C. The molecule has 0 radical (unpaired) electrons. The summed E-state index contributed by atoms with van der Waals surface area (Å²) < 4.78 is 0. The van der Waals surface area contributed by atoms with Crippen molar-refractivity contribution < 1.29 is 9.59 Å². The van der Waals surface area contributed by atoms with Crippen LogP contribution in [-0.2, 0) is 9.59 Å². The molecule has 3 nitrogen and oxygen atoms in total. The van der Waals surface area contributed by atoms with Gasteiger partial charge in [-0.3, -0.25) is 9.59 Å². The molecular weight excluding hydrogens is 214 g/mol. The standard InChI is InChI=1S/C13H25NO2.CH4/c1-6-7-10-14(5)12(16)9-8-11(15)13(2,3)4;/h6-10H2,1-5H3;1H4. The maximum atomic E-state index is 11.7. The van der Waals surface area contributed by atoms with Crippen molar-refractivity contribution in [2.24, 2.45) is 5.41 Å². The first-order chi connectivity index (χ1) is 7.29. The summed E-state index contributed by atoms with van der Waals surface area (Å²) in [5.41, 5.74) is -0.331. The van der Waals surface area contributed by atoms with Crippen LogP contribution in [0.25, 0.3) is 0 Å². The number of unbranched alkanes of at least 4 members (excludes halogenated alkanes) is 1. The van der Waals surface area contributed by atoms with Gasteiger partial charge in [0, 0.05) is 31.8 Å². The van der Waals surface area contributed by atoms with Gasteiger partial charge in [0.15, 0.2) is 0 Å². The first-order valence-corrected chi connectivity index (χ1v) is 6.06. The molecule has 102 valence electrons. The normalized spacial score (nSPS) is 10.6. The molecule has 0 saturated carbocycles. The molecule has 0 unspecified atom stereocenters. The number of hydrogen-bond donors (Lipinski definition) is 0. The van der Waals surface area contributed by atoms with Crippen LogP contribution in [0.3, 0.4) is 0 Å². The van der Waals surface area contributed by atoms with E-state index in [1.807, 2.05) is 20.8 Å². The molecule has 0 N–H and O–H groups in total. The van der Waals surface area contributed by atoms with Crippen LogP contribution in [-0.4, -0.2) is 30.2 Å². The van der Waals surface area contributed by atoms with Crippen LogP contribution in [0.1, 0.15) is 60.8 Å². The summed E-state index contributed by atoms with van der Waals surface area (Å²) in [6, 6.07) is 0. The minimum Gasteiger partial charge on any atom is -0.346 e. The fraction of sp³-hybridized carbons (Fsp3) is 0.857. The number of Topliss-reactive ketones (excluding diaryl/α,β-unsaturated/α-hetero) is 1. The zero-order valence-corrected chi connectivity index (χ0v) is 11.3. The van der Waals surface area contributed by atoms with Crippen molar-refractivity contribution in [2.75, 3.05) is 13.6 Å². The van der Waals surface area contributed by atoms with E-state index < -0.39 is 0 Å². The van der Waals surface area contributed by atoms with Crippen LogP contribution in [0.5, 0.6) is 0 Å². The molecule has 0 aliphatic rings. The zero-order valence-electron chi connectivity index (χ0n) is 11.3. The second-order valence-corrected chi connectivity index (χ2v) is 5.34. The third-order valence-corrected chi connectivity index (χ3v) is 2.68. The summed E-state index contributed by atoms with van der Waals surface area (Å²) in [5, 5.41) is 0. The first kappa shape index (κ1) is 18.5. The molecule has 0 aliphatic carbocycles. The summed E-state index contributed by atoms with van der Waals surface area (Å²) >= 11 is 0.